The number of anilines is 1. The van der Waals surface area contributed by atoms with Crippen LogP contribution in [0, 0.1) is 23.1 Å². The van der Waals surface area contributed by atoms with Crippen molar-refractivity contribution in [3.63, 3.8) is 0 Å². The number of alkyl halides is 3. The van der Waals surface area contributed by atoms with Gasteiger partial charge in [-0.15, -0.1) is 0 Å². The van der Waals surface area contributed by atoms with Crippen LogP contribution in [0.15, 0.2) is 78.9 Å². The van der Waals surface area contributed by atoms with Crippen LogP contribution in [0.4, 0.5) is 23.2 Å². The molecule has 4 aromatic rings. The van der Waals surface area contributed by atoms with E-state index in [1.54, 1.807) is 6.07 Å². The first kappa shape index (κ1) is 26.1. The minimum atomic E-state index is -4.83. The van der Waals surface area contributed by atoms with Gasteiger partial charge in [-0.25, -0.2) is 9.07 Å². The van der Waals surface area contributed by atoms with E-state index >= 15 is 4.39 Å². The second kappa shape index (κ2) is 10.7. The molecule has 1 fully saturated rings. The summed E-state index contributed by atoms with van der Waals surface area (Å²) in [4.78, 5) is 13.1. The highest BCUT2D eigenvalue weighted by atomic mass is 19.4. The molecule has 1 N–H and O–H groups in total. The lowest BCUT2D eigenvalue weighted by atomic mass is 10.0. The summed E-state index contributed by atoms with van der Waals surface area (Å²) in [5.74, 6) is -1.29. The lowest BCUT2D eigenvalue weighted by Crippen LogP contribution is -2.18. The molecule has 1 unspecified atom stereocenters. The van der Waals surface area contributed by atoms with Gasteiger partial charge in [-0.2, -0.15) is 23.5 Å². The maximum atomic E-state index is 15.2. The van der Waals surface area contributed by atoms with E-state index in [2.05, 4.69) is 10.4 Å². The molecule has 1 saturated carbocycles. The Kier molecular flexibility index (Phi) is 7.17. The molecule has 5 rings (SSSR count). The van der Waals surface area contributed by atoms with Gasteiger partial charge in [0.2, 0.25) is 0 Å². The lowest BCUT2D eigenvalue weighted by Gasteiger charge is -2.20. The number of aromatic nitrogens is 2. The van der Waals surface area contributed by atoms with Crippen molar-refractivity contribution in [1.29, 1.82) is 5.26 Å². The summed E-state index contributed by atoms with van der Waals surface area (Å²) in [6.07, 6.45) is -3.16. The highest BCUT2D eigenvalue weighted by Gasteiger charge is 2.36. The Bertz CT molecular complexity index is 1540. The summed E-state index contributed by atoms with van der Waals surface area (Å²) >= 11 is 0. The first-order valence-electron chi connectivity index (χ1n) is 12.2. The van der Waals surface area contributed by atoms with E-state index in [0.717, 1.165) is 23.1 Å². The monoisotopic (exact) mass is 534 g/mol. The Morgan fingerprint density at radius 3 is 2.49 bits per heavy atom. The van der Waals surface area contributed by atoms with Crippen molar-refractivity contribution < 1.29 is 27.1 Å². The average Bonchev–Trinajstić information content (AvgIpc) is 3.64. The van der Waals surface area contributed by atoms with E-state index in [1.165, 1.54) is 36.4 Å². The molecule has 0 aliphatic heterocycles. The second-order valence-electron chi connectivity index (χ2n) is 9.25. The van der Waals surface area contributed by atoms with Crippen molar-refractivity contribution in [2.75, 3.05) is 11.9 Å². The minimum absolute atomic E-state index is 0.0732. The number of rotatable bonds is 8. The number of nitrogens with one attached hydrogen (secondary N) is 1. The van der Waals surface area contributed by atoms with Gasteiger partial charge in [0, 0.05) is 6.07 Å². The zero-order chi connectivity index (χ0) is 27.6. The molecule has 1 amide bonds. The largest absolute Gasteiger partial charge is 0.435 e. The molecule has 0 saturated heterocycles. The number of nitrogens with zero attached hydrogens (tertiary/aromatic N) is 3. The number of benzene rings is 3. The van der Waals surface area contributed by atoms with E-state index in [1.807, 2.05) is 36.4 Å². The Hall–Kier alpha value is -4.49. The van der Waals surface area contributed by atoms with Crippen molar-refractivity contribution in [3.8, 4) is 11.8 Å². The van der Waals surface area contributed by atoms with Gasteiger partial charge in [0.1, 0.15) is 17.6 Å². The van der Waals surface area contributed by atoms with Crippen LogP contribution in [0.3, 0.4) is 0 Å². The number of amides is 1. The van der Waals surface area contributed by atoms with Gasteiger partial charge in [0.05, 0.1) is 29.6 Å². The molecule has 39 heavy (non-hydrogen) atoms. The number of hydrogen-bond acceptors (Lipinski definition) is 4. The van der Waals surface area contributed by atoms with Gasteiger partial charge in [-0.05, 0) is 60.2 Å². The van der Waals surface area contributed by atoms with Crippen LogP contribution in [-0.4, -0.2) is 22.3 Å². The summed E-state index contributed by atoms with van der Waals surface area (Å²) in [5.41, 5.74) is -0.372. The van der Waals surface area contributed by atoms with Crippen molar-refractivity contribution >= 4 is 11.6 Å². The van der Waals surface area contributed by atoms with Crippen molar-refractivity contribution in [3.05, 3.63) is 113 Å². The van der Waals surface area contributed by atoms with E-state index in [9.17, 15) is 18.0 Å². The van der Waals surface area contributed by atoms with E-state index in [4.69, 9.17) is 10.00 Å². The third kappa shape index (κ3) is 5.99. The maximum absolute atomic E-state index is 15.2. The molecule has 3 aromatic carbocycles. The van der Waals surface area contributed by atoms with Crippen LogP contribution < -0.4 is 5.32 Å². The standard InChI is InChI=1S/C29H22F4N4O2/c30-23-14-21(27(39-17-18-9-10-18)20-6-2-1-3-7-20)11-12-24(23)35-28(38)25-15-26(29(31,32)33)36-37(25)22-8-4-5-19(13-22)16-34/h1-8,11-15,18,27H,9-10,17H2,(H,35,38). The number of ether oxygens (including phenoxy) is 1. The molecular weight excluding hydrogens is 512 g/mol. The van der Waals surface area contributed by atoms with Crippen molar-refractivity contribution in [2.45, 2.75) is 25.1 Å². The molecule has 1 heterocycles. The third-order valence-corrected chi connectivity index (χ3v) is 6.29. The molecule has 10 heteroatoms. The predicted molar refractivity (Wildman–Crippen MR) is 135 cm³/mol. The maximum Gasteiger partial charge on any atom is 0.435 e. The van der Waals surface area contributed by atoms with Crippen LogP contribution in [0.2, 0.25) is 0 Å². The first-order chi connectivity index (χ1) is 18.7. The zero-order valence-electron chi connectivity index (χ0n) is 20.5. The smallest absolute Gasteiger partial charge is 0.368 e. The molecule has 1 aromatic heterocycles. The fraction of sp³-hybridized carbons (Fsp3) is 0.207. The summed E-state index contributed by atoms with van der Waals surface area (Å²) in [7, 11) is 0. The summed E-state index contributed by atoms with van der Waals surface area (Å²) < 4.78 is 62.4. The van der Waals surface area contributed by atoms with Gasteiger partial charge < -0.3 is 10.1 Å². The molecule has 198 valence electrons. The summed E-state index contributed by atoms with van der Waals surface area (Å²) in [5, 5.41) is 15.0. The van der Waals surface area contributed by atoms with E-state index < -0.39 is 35.4 Å². The predicted octanol–water partition coefficient (Wildman–Crippen LogP) is 6.67. The van der Waals surface area contributed by atoms with Crippen LogP contribution >= 0.6 is 0 Å². The Morgan fingerprint density at radius 2 is 1.82 bits per heavy atom. The Balaban J connectivity index is 1.43. The van der Waals surface area contributed by atoms with Gasteiger partial charge in [0.25, 0.3) is 5.91 Å². The third-order valence-electron chi connectivity index (χ3n) is 6.29. The molecule has 0 bridgehead atoms. The number of halogens is 4. The van der Waals surface area contributed by atoms with E-state index in [-0.39, 0.29) is 16.9 Å². The fourth-order valence-corrected chi connectivity index (χ4v) is 4.10. The number of carbonyl (C=O) groups excluding carboxylic acids is 1. The zero-order valence-corrected chi connectivity index (χ0v) is 20.5. The Labute approximate surface area is 221 Å². The fourth-order valence-electron chi connectivity index (χ4n) is 4.10. The van der Waals surface area contributed by atoms with Crippen LogP contribution in [0.1, 0.15) is 51.8 Å². The van der Waals surface area contributed by atoms with Crippen molar-refractivity contribution in [2.24, 2.45) is 5.92 Å². The molecule has 0 spiro atoms. The van der Waals surface area contributed by atoms with Crippen LogP contribution in [-0.2, 0) is 10.9 Å². The number of nitriles is 1. The molecular formula is C29H22F4N4O2. The first-order valence-corrected chi connectivity index (χ1v) is 12.2. The van der Waals surface area contributed by atoms with Crippen LogP contribution in [0.5, 0.6) is 0 Å². The molecule has 1 aliphatic carbocycles. The van der Waals surface area contributed by atoms with Gasteiger partial charge >= 0.3 is 6.18 Å². The average molecular weight is 535 g/mol. The molecule has 1 aliphatic rings. The second-order valence-corrected chi connectivity index (χ2v) is 9.25. The highest BCUT2D eigenvalue weighted by molar-refractivity contribution is 6.03. The highest BCUT2D eigenvalue weighted by Crippen LogP contribution is 2.35. The molecule has 1 atom stereocenters. The molecule has 0 radical (unpaired) electrons. The number of carbonyl (C=O) groups is 1. The van der Waals surface area contributed by atoms with Crippen molar-refractivity contribution in [1.82, 2.24) is 9.78 Å². The number of hydrogen-bond donors (Lipinski definition) is 1. The van der Waals surface area contributed by atoms with Gasteiger partial charge in [-0.1, -0.05) is 42.5 Å². The van der Waals surface area contributed by atoms with Crippen LogP contribution in [0.25, 0.3) is 5.69 Å². The molecule has 6 nitrogen and oxygen atoms in total. The summed E-state index contributed by atoms with van der Waals surface area (Å²) in [6, 6.07) is 21.6. The quantitative estimate of drug-likeness (QED) is 0.256. The Morgan fingerprint density at radius 1 is 1.05 bits per heavy atom. The minimum Gasteiger partial charge on any atom is -0.368 e. The van der Waals surface area contributed by atoms with Gasteiger partial charge in [0.15, 0.2) is 5.69 Å². The normalized spacial score (nSPS) is 14.0. The topological polar surface area (TPSA) is 79.9 Å². The lowest BCUT2D eigenvalue weighted by molar-refractivity contribution is -0.141. The van der Waals surface area contributed by atoms with Gasteiger partial charge in [-0.3, -0.25) is 4.79 Å². The van der Waals surface area contributed by atoms with E-state index in [0.29, 0.717) is 24.2 Å². The SMILES string of the molecule is N#Cc1cccc(-n2nc(C(F)(F)F)cc2C(=O)Nc2ccc(C(OCC3CC3)c3ccccc3)cc2F)c1. The summed E-state index contributed by atoms with van der Waals surface area (Å²) in [6.45, 7) is 0.540.